The Bertz CT molecular complexity index is 1380. The summed E-state index contributed by atoms with van der Waals surface area (Å²) in [5.74, 6) is -4.22. The van der Waals surface area contributed by atoms with Gasteiger partial charge in [-0.2, -0.15) is 0 Å². The Morgan fingerprint density at radius 2 is 2.05 bits per heavy atom. The van der Waals surface area contributed by atoms with Crippen LogP contribution in [0.3, 0.4) is 0 Å². The first-order valence-corrected chi connectivity index (χ1v) is 12.6. The predicted molar refractivity (Wildman–Crippen MR) is 140 cm³/mol. The molecule has 0 aliphatic carbocycles. The Labute approximate surface area is 229 Å². The number of carbonyl (C=O) groups excluding carboxylic acids is 3. The van der Waals surface area contributed by atoms with Crippen LogP contribution in [0.5, 0.6) is 0 Å². The van der Waals surface area contributed by atoms with Crippen molar-refractivity contribution in [3.63, 3.8) is 0 Å². The highest BCUT2D eigenvalue weighted by Crippen LogP contribution is 2.29. The molecular formula is C27H30F2N6O5. The fourth-order valence-electron chi connectivity index (χ4n) is 4.42. The van der Waals surface area contributed by atoms with Crippen LogP contribution in [0.25, 0.3) is 0 Å². The van der Waals surface area contributed by atoms with Gasteiger partial charge in [0.15, 0.2) is 5.69 Å². The Hall–Kier alpha value is -4.39. The van der Waals surface area contributed by atoms with E-state index in [1.807, 2.05) is 19.9 Å². The number of amides is 4. The molecule has 40 heavy (non-hydrogen) atoms. The molecule has 1 fully saturated rings. The Morgan fingerprint density at radius 3 is 2.77 bits per heavy atom. The number of nitrogens with zero attached hydrogens (tertiary/aromatic N) is 3. The van der Waals surface area contributed by atoms with Gasteiger partial charge in [-0.3, -0.25) is 9.59 Å². The largest absolute Gasteiger partial charge is 0.382 e. The summed E-state index contributed by atoms with van der Waals surface area (Å²) in [5, 5.41) is 11.4. The number of alkyl halides is 2. The van der Waals surface area contributed by atoms with Crippen LogP contribution in [-0.4, -0.2) is 65.6 Å². The zero-order valence-corrected chi connectivity index (χ0v) is 22.2. The van der Waals surface area contributed by atoms with E-state index in [-0.39, 0.29) is 18.1 Å². The van der Waals surface area contributed by atoms with Gasteiger partial charge >= 0.3 is 6.03 Å². The third kappa shape index (κ3) is 6.60. The molecule has 0 unspecified atom stereocenters. The maximum atomic E-state index is 14.1. The molecule has 4 amide bonds. The minimum absolute atomic E-state index is 0.0691. The van der Waals surface area contributed by atoms with Gasteiger partial charge in [0.25, 0.3) is 17.7 Å². The van der Waals surface area contributed by atoms with Crippen LogP contribution in [0.15, 0.2) is 53.4 Å². The third-order valence-electron chi connectivity index (χ3n) is 6.43. The second kappa shape index (κ2) is 12.2. The zero-order valence-electron chi connectivity index (χ0n) is 22.2. The highest BCUT2D eigenvalue weighted by atomic mass is 19.3. The fraction of sp³-hybridized carbons (Fsp3) is 0.370. The van der Waals surface area contributed by atoms with E-state index in [1.54, 1.807) is 24.3 Å². The lowest BCUT2D eigenvalue weighted by atomic mass is 10.0. The molecule has 0 radical (unpaired) electrons. The van der Waals surface area contributed by atoms with Gasteiger partial charge in [0, 0.05) is 18.9 Å². The third-order valence-corrected chi connectivity index (χ3v) is 6.43. The highest BCUT2D eigenvalue weighted by molar-refractivity contribution is 6.01. The van der Waals surface area contributed by atoms with E-state index in [4.69, 9.17) is 9.26 Å². The van der Waals surface area contributed by atoms with Crippen LogP contribution in [0.4, 0.5) is 19.4 Å². The van der Waals surface area contributed by atoms with E-state index in [2.05, 4.69) is 26.1 Å². The number of nitrogens with one attached hydrogen (secondary N) is 3. The quantitative estimate of drug-likeness (QED) is 0.348. The Balaban J connectivity index is 1.60. The summed E-state index contributed by atoms with van der Waals surface area (Å²) >= 11 is 0. The van der Waals surface area contributed by atoms with Crippen molar-refractivity contribution in [3.8, 4) is 0 Å². The summed E-state index contributed by atoms with van der Waals surface area (Å²) in [6.45, 7) is 2.09. The molecular weight excluding hydrogens is 526 g/mol. The fourth-order valence-corrected chi connectivity index (χ4v) is 4.42. The molecule has 4 rings (SSSR count). The molecule has 0 saturated carbocycles. The number of urea groups is 1. The molecule has 1 aromatic carbocycles. The molecule has 1 aliphatic heterocycles. The average molecular weight is 557 g/mol. The van der Waals surface area contributed by atoms with Crippen molar-refractivity contribution in [2.45, 2.75) is 38.3 Å². The first-order chi connectivity index (χ1) is 19.1. The topological polar surface area (TPSA) is 139 Å². The Morgan fingerprint density at radius 1 is 1.25 bits per heavy atom. The SMILES string of the molecule is CCc1conc1C(=O)N[C@H](C(=O)Nc1cc([C@@H](COC)N2CC(F)(F)CNC2=O)ccn1)c1cccc(C)c1. The van der Waals surface area contributed by atoms with E-state index in [0.29, 0.717) is 23.1 Å². The van der Waals surface area contributed by atoms with Crippen LogP contribution in [0, 0.1) is 6.92 Å². The number of pyridine rings is 1. The van der Waals surface area contributed by atoms with Gasteiger partial charge in [-0.25, -0.2) is 18.6 Å². The highest BCUT2D eigenvalue weighted by Gasteiger charge is 2.42. The standard InChI is InChI=1S/C27H30F2N6O5/c1-4-17-12-40-34-23(17)25(37)33-22(19-7-5-6-16(2)10-19)24(36)32-21-11-18(8-9-30-21)20(13-39-3)35-15-27(28,29)14-31-26(35)38/h5-12,20,22H,4,13-15H2,1-3H3,(H,31,38)(H,33,37)(H,30,32,36)/t20-,22+/m1/s1. The number of halogens is 2. The van der Waals surface area contributed by atoms with E-state index < -0.39 is 48.9 Å². The van der Waals surface area contributed by atoms with Crippen LogP contribution >= 0.6 is 0 Å². The van der Waals surface area contributed by atoms with Crippen molar-refractivity contribution in [3.05, 3.63) is 76.8 Å². The van der Waals surface area contributed by atoms with Crippen molar-refractivity contribution in [1.29, 1.82) is 0 Å². The zero-order chi connectivity index (χ0) is 28.9. The molecule has 1 saturated heterocycles. The molecule has 3 N–H and O–H groups in total. The van der Waals surface area contributed by atoms with Gasteiger partial charge in [0.1, 0.15) is 18.1 Å². The molecule has 0 spiro atoms. The maximum Gasteiger partial charge on any atom is 0.318 e. The number of rotatable bonds is 10. The van der Waals surface area contributed by atoms with E-state index in [0.717, 1.165) is 10.5 Å². The van der Waals surface area contributed by atoms with Crippen molar-refractivity contribution < 1.29 is 32.4 Å². The van der Waals surface area contributed by atoms with Crippen molar-refractivity contribution in [1.82, 2.24) is 25.7 Å². The first-order valence-electron chi connectivity index (χ1n) is 12.6. The van der Waals surface area contributed by atoms with Gasteiger partial charge in [0.2, 0.25) is 0 Å². The molecule has 212 valence electrons. The van der Waals surface area contributed by atoms with Crippen molar-refractivity contribution >= 4 is 23.7 Å². The number of anilines is 1. The number of aromatic nitrogens is 2. The summed E-state index contributed by atoms with van der Waals surface area (Å²) in [6.07, 6.45) is 3.27. The van der Waals surface area contributed by atoms with E-state index in [1.165, 1.54) is 25.6 Å². The van der Waals surface area contributed by atoms with Gasteiger partial charge in [-0.05, 0) is 36.6 Å². The number of ether oxygens (including phenoxy) is 1. The van der Waals surface area contributed by atoms with Crippen LogP contribution in [0.2, 0.25) is 0 Å². The van der Waals surface area contributed by atoms with Gasteiger partial charge < -0.3 is 30.1 Å². The van der Waals surface area contributed by atoms with E-state index in [9.17, 15) is 23.2 Å². The second-order valence-corrected chi connectivity index (χ2v) is 9.44. The molecule has 1 aliphatic rings. The molecule has 13 heteroatoms. The monoisotopic (exact) mass is 556 g/mol. The van der Waals surface area contributed by atoms with Crippen molar-refractivity contribution in [2.75, 3.05) is 32.1 Å². The number of hydrogen-bond donors (Lipinski definition) is 3. The summed E-state index contributed by atoms with van der Waals surface area (Å²) in [5.41, 5.74) is 2.48. The predicted octanol–water partition coefficient (Wildman–Crippen LogP) is 3.40. The van der Waals surface area contributed by atoms with Crippen LogP contribution in [-0.2, 0) is 16.0 Å². The minimum atomic E-state index is -3.12. The number of hydrogen-bond acceptors (Lipinski definition) is 7. The second-order valence-electron chi connectivity index (χ2n) is 9.44. The molecule has 0 bridgehead atoms. The first kappa shape index (κ1) is 28.6. The van der Waals surface area contributed by atoms with Crippen LogP contribution in [0.1, 0.15) is 51.7 Å². The summed E-state index contributed by atoms with van der Waals surface area (Å²) < 4.78 is 38.4. The average Bonchev–Trinajstić information content (AvgIpc) is 3.41. The maximum absolute atomic E-state index is 14.1. The van der Waals surface area contributed by atoms with Crippen molar-refractivity contribution in [2.24, 2.45) is 0 Å². The summed E-state index contributed by atoms with van der Waals surface area (Å²) in [4.78, 5) is 44.2. The lowest BCUT2D eigenvalue weighted by Crippen LogP contribution is -2.58. The van der Waals surface area contributed by atoms with Gasteiger partial charge in [-0.1, -0.05) is 41.9 Å². The normalized spacial score (nSPS) is 16.1. The number of methoxy groups -OCH3 is 1. The minimum Gasteiger partial charge on any atom is -0.382 e. The lowest BCUT2D eigenvalue weighted by molar-refractivity contribution is -0.118. The number of aryl methyl sites for hydroxylation is 2. The molecule has 11 nitrogen and oxygen atoms in total. The Kier molecular flexibility index (Phi) is 8.73. The molecule has 3 heterocycles. The summed E-state index contributed by atoms with van der Waals surface area (Å²) in [6, 6.07) is 7.46. The van der Waals surface area contributed by atoms with E-state index >= 15 is 0 Å². The molecule has 2 aromatic heterocycles. The van der Waals surface area contributed by atoms with Gasteiger partial charge in [-0.15, -0.1) is 0 Å². The smallest absolute Gasteiger partial charge is 0.318 e. The van der Waals surface area contributed by atoms with Gasteiger partial charge in [0.05, 0.1) is 25.7 Å². The molecule has 3 aromatic rings. The number of benzene rings is 1. The lowest BCUT2D eigenvalue weighted by Gasteiger charge is -2.38. The number of carbonyl (C=O) groups is 3. The summed E-state index contributed by atoms with van der Waals surface area (Å²) in [7, 11) is 1.39. The van der Waals surface area contributed by atoms with Crippen LogP contribution < -0.4 is 16.0 Å². The molecule has 2 atom stereocenters.